The molecule has 0 fully saturated rings. The summed E-state index contributed by atoms with van der Waals surface area (Å²) in [6, 6.07) is -0.628. The van der Waals surface area contributed by atoms with Gasteiger partial charge in [-0.25, -0.2) is 4.98 Å². The molecule has 4 nitrogen and oxygen atoms in total. The van der Waals surface area contributed by atoms with E-state index in [1.165, 1.54) is 11.3 Å². The van der Waals surface area contributed by atoms with Crippen molar-refractivity contribution in [3.63, 3.8) is 0 Å². The van der Waals surface area contributed by atoms with E-state index in [0.29, 0.717) is 5.69 Å². The highest BCUT2D eigenvalue weighted by Gasteiger charge is 2.45. The zero-order valence-corrected chi connectivity index (χ0v) is 9.15. The molecular weight excluding hydrogens is 222 g/mol. The average Bonchev–Trinajstić information content (AvgIpc) is 2.82. The lowest BCUT2D eigenvalue weighted by molar-refractivity contribution is -0.122. The molecule has 2 heterocycles. The van der Waals surface area contributed by atoms with Crippen LogP contribution in [0.5, 0.6) is 0 Å². The SMILES string of the molecule is C#CC1N=CC=CC1(C(N)=O)c1cscn1. The Bertz CT molecular complexity index is 498. The molecular formula is C11H9N3OS. The molecule has 0 bridgehead atoms. The number of rotatable bonds is 2. The number of hydrogen-bond acceptors (Lipinski definition) is 4. The second kappa shape index (κ2) is 3.91. The topological polar surface area (TPSA) is 68.3 Å². The molecule has 5 heteroatoms. The predicted octanol–water partition coefficient (Wildman–Crippen LogP) is 0.509. The molecule has 80 valence electrons. The van der Waals surface area contributed by atoms with Crippen LogP contribution in [0, 0.1) is 12.3 Å². The summed E-state index contributed by atoms with van der Waals surface area (Å²) in [6.45, 7) is 0. The van der Waals surface area contributed by atoms with Gasteiger partial charge in [0.2, 0.25) is 5.91 Å². The van der Waals surface area contributed by atoms with Crippen molar-refractivity contribution < 1.29 is 4.79 Å². The third-order valence-electron chi connectivity index (χ3n) is 2.53. The smallest absolute Gasteiger partial charge is 0.236 e. The molecule has 1 amide bonds. The lowest BCUT2D eigenvalue weighted by Gasteiger charge is -2.30. The van der Waals surface area contributed by atoms with Gasteiger partial charge in [0.1, 0.15) is 11.5 Å². The quantitative estimate of drug-likeness (QED) is 0.753. The largest absolute Gasteiger partial charge is 0.368 e. The van der Waals surface area contributed by atoms with E-state index >= 15 is 0 Å². The van der Waals surface area contributed by atoms with Crippen LogP contribution in [0.3, 0.4) is 0 Å². The molecule has 0 aromatic carbocycles. The van der Waals surface area contributed by atoms with Crippen LogP contribution in [0.25, 0.3) is 0 Å². The van der Waals surface area contributed by atoms with Crippen molar-refractivity contribution in [3.05, 3.63) is 28.7 Å². The number of carbonyl (C=O) groups excluding carboxylic acids is 1. The van der Waals surface area contributed by atoms with Gasteiger partial charge >= 0.3 is 0 Å². The van der Waals surface area contributed by atoms with Crippen molar-refractivity contribution in [1.82, 2.24) is 4.98 Å². The number of hydrogen-bond donors (Lipinski definition) is 1. The normalized spacial score (nSPS) is 27.6. The number of thiazole rings is 1. The van der Waals surface area contributed by atoms with Crippen molar-refractivity contribution in [2.24, 2.45) is 10.7 Å². The fourth-order valence-corrected chi connectivity index (χ4v) is 2.32. The second-order valence-electron chi connectivity index (χ2n) is 3.33. The standard InChI is InChI=1S/C11H9N3OS/c1-2-8-11(10(12)15,4-3-5-13-8)9-6-16-7-14-9/h1,3-8H,(H2,12,15). The Balaban J connectivity index is 2.61. The highest BCUT2D eigenvalue weighted by atomic mass is 32.1. The van der Waals surface area contributed by atoms with Crippen molar-refractivity contribution >= 4 is 23.5 Å². The monoisotopic (exact) mass is 231 g/mol. The molecule has 0 radical (unpaired) electrons. The fraction of sp³-hybridized carbons (Fsp3) is 0.182. The summed E-state index contributed by atoms with van der Waals surface area (Å²) in [6.07, 6.45) is 10.3. The second-order valence-corrected chi connectivity index (χ2v) is 4.05. The summed E-state index contributed by atoms with van der Waals surface area (Å²) in [4.78, 5) is 19.9. The van der Waals surface area contributed by atoms with Crippen LogP contribution < -0.4 is 5.73 Å². The van der Waals surface area contributed by atoms with Gasteiger partial charge < -0.3 is 5.73 Å². The van der Waals surface area contributed by atoms with Crippen LogP contribution >= 0.6 is 11.3 Å². The third kappa shape index (κ3) is 1.35. The molecule has 2 N–H and O–H groups in total. The number of amides is 1. The Kier molecular flexibility index (Phi) is 2.59. The third-order valence-corrected chi connectivity index (χ3v) is 3.12. The van der Waals surface area contributed by atoms with Gasteiger partial charge in [0.05, 0.1) is 11.2 Å². The summed E-state index contributed by atoms with van der Waals surface area (Å²) in [5.41, 5.74) is 6.55. The van der Waals surface area contributed by atoms with Crippen molar-refractivity contribution in [3.8, 4) is 12.3 Å². The van der Waals surface area contributed by atoms with Crippen LogP contribution in [0.2, 0.25) is 0 Å². The molecule has 1 aromatic heterocycles. The highest BCUT2D eigenvalue weighted by Crippen LogP contribution is 2.32. The maximum atomic E-state index is 11.7. The zero-order chi connectivity index (χ0) is 11.6. The molecule has 1 aliphatic heterocycles. The maximum Gasteiger partial charge on any atom is 0.236 e. The Morgan fingerprint density at radius 1 is 1.69 bits per heavy atom. The first-order valence-electron chi connectivity index (χ1n) is 4.57. The molecule has 0 saturated carbocycles. The van der Waals surface area contributed by atoms with Gasteiger partial charge in [-0.2, -0.15) is 0 Å². The van der Waals surface area contributed by atoms with Gasteiger partial charge in [-0.3, -0.25) is 9.79 Å². The van der Waals surface area contributed by atoms with Gasteiger partial charge in [-0.05, 0) is 6.08 Å². The van der Waals surface area contributed by atoms with Gasteiger partial charge in [-0.1, -0.05) is 12.0 Å². The van der Waals surface area contributed by atoms with Crippen LogP contribution in [-0.4, -0.2) is 23.1 Å². The summed E-state index contributed by atoms with van der Waals surface area (Å²) < 4.78 is 0. The summed E-state index contributed by atoms with van der Waals surface area (Å²) in [7, 11) is 0. The minimum absolute atomic E-state index is 0.533. The highest BCUT2D eigenvalue weighted by molar-refractivity contribution is 7.07. The lowest BCUT2D eigenvalue weighted by Crippen LogP contribution is -2.49. The lowest BCUT2D eigenvalue weighted by atomic mass is 9.76. The fourth-order valence-electron chi connectivity index (χ4n) is 1.70. The van der Waals surface area contributed by atoms with E-state index in [2.05, 4.69) is 15.9 Å². The Labute approximate surface area is 96.9 Å². The molecule has 1 aliphatic rings. The van der Waals surface area contributed by atoms with Gasteiger partial charge in [0, 0.05) is 11.6 Å². The van der Waals surface area contributed by atoms with E-state index in [1.807, 2.05) is 0 Å². The molecule has 16 heavy (non-hydrogen) atoms. The van der Waals surface area contributed by atoms with Gasteiger partial charge in [0.15, 0.2) is 0 Å². The van der Waals surface area contributed by atoms with Crippen molar-refractivity contribution in [2.45, 2.75) is 11.5 Å². The summed E-state index contributed by atoms with van der Waals surface area (Å²) in [5.74, 6) is 1.95. The first kappa shape index (κ1) is 10.6. The van der Waals surface area contributed by atoms with Crippen LogP contribution in [0.1, 0.15) is 5.69 Å². The first-order valence-corrected chi connectivity index (χ1v) is 5.52. The number of primary amides is 1. The van der Waals surface area contributed by atoms with Crippen LogP contribution in [-0.2, 0) is 10.2 Å². The Morgan fingerprint density at radius 2 is 2.50 bits per heavy atom. The number of aromatic nitrogens is 1. The van der Waals surface area contributed by atoms with Gasteiger partial charge in [0.25, 0.3) is 0 Å². The molecule has 2 unspecified atom stereocenters. The van der Waals surface area contributed by atoms with E-state index < -0.39 is 17.4 Å². The molecule has 1 aromatic rings. The number of carbonyl (C=O) groups is 1. The number of dihydropyridines is 1. The number of terminal acetylenes is 1. The Morgan fingerprint density at radius 3 is 3.06 bits per heavy atom. The van der Waals surface area contributed by atoms with Gasteiger partial charge in [-0.15, -0.1) is 17.8 Å². The summed E-state index contributed by atoms with van der Waals surface area (Å²) >= 11 is 1.39. The molecule has 2 atom stereocenters. The average molecular weight is 231 g/mol. The zero-order valence-electron chi connectivity index (χ0n) is 8.33. The maximum absolute atomic E-state index is 11.7. The number of aliphatic imine (C=N–C) groups is 1. The number of nitrogens with two attached hydrogens (primary N) is 1. The van der Waals surface area contributed by atoms with E-state index in [-0.39, 0.29) is 0 Å². The predicted molar refractivity (Wildman–Crippen MR) is 63.2 cm³/mol. The molecule has 2 rings (SSSR count). The number of allylic oxidation sites excluding steroid dienone is 1. The van der Waals surface area contributed by atoms with E-state index in [9.17, 15) is 4.79 Å². The molecule has 0 aliphatic carbocycles. The first-order chi connectivity index (χ1) is 7.71. The molecule has 0 spiro atoms. The Hall–Kier alpha value is -1.93. The van der Waals surface area contributed by atoms with Crippen molar-refractivity contribution in [2.75, 3.05) is 0 Å². The number of nitrogens with zero attached hydrogens (tertiary/aromatic N) is 2. The van der Waals surface area contributed by atoms with E-state index in [4.69, 9.17) is 12.2 Å². The van der Waals surface area contributed by atoms with Crippen molar-refractivity contribution in [1.29, 1.82) is 0 Å². The van der Waals surface area contributed by atoms with Crippen LogP contribution in [0.4, 0.5) is 0 Å². The minimum atomic E-state index is -1.11. The van der Waals surface area contributed by atoms with E-state index in [0.717, 1.165) is 0 Å². The minimum Gasteiger partial charge on any atom is -0.368 e. The van der Waals surface area contributed by atoms with E-state index in [1.54, 1.807) is 29.3 Å². The summed E-state index contributed by atoms with van der Waals surface area (Å²) in [5, 5.41) is 1.76. The molecule has 0 saturated heterocycles. The van der Waals surface area contributed by atoms with Crippen LogP contribution in [0.15, 0.2) is 28.0 Å².